The van der Waals surface area contributed by atoms with Crippen molar-refractivity contribution in [1.82, 2.24) is 0 Å². The van der Waals surface area contributed by atoms with E-state index in [-0.39, 0.29) is 33.8 Å². The molecule has 0 fully saturated rings. The van der Waals surface area contributed by atoms with E-state index >= 15 is 0 Å². The smallest absolute Gasteiger partial charge is 0.202 e. The number of methoxy groups -OCH3 is 4. The second-order valence-electron chi connectivity index (χ2n) is 5.56. The van der Waals surface area contributed by atoms with Gasteiger partial charge in [-0.05, 0) is 30.7 Å². The van der Waals surface area contributed by atoms with E-state index < -0.39 is 0 Å². The topological polar surface area (TPSA) is 71.1 Å². The highest BCUT2D eigenvalue weighted by Crippen LogP contribution is 2.45. The van der Waals surface area contributed by atoms with Crippen LogP contribution in [0.25, 0.3) is 0 Å². The number of fused-ring (bicyclic) bond motifs is 2. The van der Waals surface area contributed by atoms with Gasteiger partial charge < -0.3 is 18.9 Å². The first kappa shape index (κ1) is 16.8. The number of aryl methyl sites for hydroxylation is 1. The fraction of sp³-hybridized carbons (Fsp3) is 0.263. The molecule has 0 amide bonds. The zero-order valence-corrected chi connectivity index (χ0v) is 14.7. The third kappa shape index (κ3) is 2.25. The summed E-state index contributed by atoms with van der Waals surface area (Å²) < 4.78 is 21.4. The molecule has 1 aliphatic rings. The summed E-state index contributed by atoms with van der Waals surface area (Å²) in [4.78, 5) is 26.5. The maximum absolute atomic E-state index is 13.3. The highest BCUT2D eigenvalue weighted by atomic mass is 16.5. The summed E-state index contributed by atoms with van der Waals surface area (Å²) in [5.74, 6) is 0.560. The van der Waals surface area contributed by atoms with Crippen LogP contribution in [-0.4, -0.2) is 40.0 Å². The van der Waals surface area contributed by atoms with Crippen LogP contribution in [0.15, 0.2) is 18.2 Å². The van der Waals surface area contributed by atoms with Crippen LogP contribution in [-0.2, 0) is 0 Å². The number of hydrogen-bond donors (Lipinski definition) is 0. The highest BCUT2D eigenvalue weighted by molar-refractivity contribution is 6.32. The molecule has 6 nitrogen and oxygen atoms in total. The summed E-state index contributed by atoms with van der Waals surface area (Å²) in [7, 11) is 5.81. The molecule has 3 rings (SSSR count). The van der Waals surface area contributed by atoms with E-state index in [4.69, 9.17) is 18.9 Å². The van der Waals surface area contributed by atoms with Crippen LogP contribution in [0.3, 0.4) is 0 Å². The average molecular weight is 342 g/mol. The Morgan fingerprint density at radius 3 is 1.52 bits per heavy atom. The number of carbonyl (C=O) groups excluding carboxylic acids is 2. The lowest BCUT2D eigenvalue weighted by Gasteiger charge is -2.25. The first-order valence-corrected chi connectivity index (χ1v) is 7.60. The molecular formula is C19H18O6. The number of ketones is 2. The molecule has 0 saturated heterocycles. The van der Waals surface area contributed by atoms with E-state index in [2.05, 4.69) is 0 Å². The number of ether oxygens (including phenoxy) is 4. The quantitative estimate of drug-likeness (QED) is 0.726. The summed E-state index contributed by atoms with van der Waals surface area (Å²) in [5, 5.41) is 0. The Bertz CT molecular complexity index is 898. The summed E-state index contributed by atoms with van der Waals surface area (Å²) in [6.07, 6.45) is 0. The molecule has 0 aromatic heterocycles. The normalized spacial score (nSPS) is 12.4. The largest absolute Gasteiger partial charge is 0.496 e. The van der Waals surface area contributed by atoms with E-state index in [1.807, 2.05) is 0 Å². The van der Waals surface area contributed by atoms with Crippen LogP contribution in [0.1, 0.15) is 37.4 Å². The van der Waals surface area contributed by atoms with Crippen LogP contribution in [0, 0.1) is 6.92 Å². The molecule has 0 heterocycles. The minimum absolute atomic E-state index is 0.170. The molecule has 2 aromatic carbocycles. The maximum Gasteiger partial charge on any atom is 0.202 e. The molecule has 130 valence electrons. The van der Waals surface area contributed by atoms with Crippen molar-refractivity contribution in [2.75, 3.05) is 28.4 Å². The number of hydrogen-bond acceptors (Lipinski definition) is 6. The van der Waals surface area contributed by atoms with Gasteiger partial charge in [0.05, 0.1) is 50.7 Å². The van der Waals surface area contributed by atoms with Gasteiger partial charge in [-0.15, -0.1) is 0 Å². The van der Waals surface area contributed by atoms with Crippen molar-refractivity contribution in [3.05, 3.63) is 46.0 Å². The molecule has 0 atom stereocenters. The van der Waals surface area contributed by atoms with E-state index in [0.717, 1.165) is 0 Å². The molecule has 0 saturated carbocycles. The van der Waals surface area contributed by atoms with Gasteiger partial charge in [-0.25, -0.2) is 0 Å². The van der Waals surface area contributed by atoms with E-state index in [9.17, 15) is 9.59 Å². The predicted molar refractivity (Wildman–Crippen MR) is 90.7 cm³/mol. The third-order valence-electron chi connectivity index (χ3n) is 4.33. The Hall–Kier alpha value is -3.02. The lowest BCUT2D eigenvalue weighted by atomic mass is 9.81. The molecule has 2 aromatic rings. The molecular weight excluding hydrogens is 324 g/mol. The monoisotopic (exact) mass is 342 g/mol. The van der Waals surface area contributed by atoms with Gasteiger partial charge >= 0.3 is 0 Å². The maximum atomic E-state index is 13.3. The average Bonchev–Trinajstić information content (AvgIpc) is 2.63. The van der Waals surface area contributed by atoms with Gasteiger partial charge in [-0.2, -0.15) is 0 Å². The summed E-state index contributed by atoms with van der Waals surface area (Å²) >= 11 is 0. The van der Waals surface area contributed by atoms with Gasteiger partial charge in [0, 0.05) is 0 Å². The molecule has 0 aliphatic heterocycles. The fourth-order valence-electron chi connectivity index (χ4n) is 3.24. The van der Waals surface area contributed by atoms with Crippen molar-refractivity contribution in [2.45, 2.75) is 6.92 Å². The Kier molecular flexibility index (Phi) is 4.12. The summed E-state index contributed by atoms with van der Waals surface area (Å²) in [5.41, 5.74) is 1.40. The van der Waals surface area contributed by atoms with Gasteiger partial charge in [0.1, 0.15) is 23.0 Å². The van der Waals surface area contributed by atoms with Crippen LogP contribution < -0.4 is 18.9 Å². The molecule has 6 heteroatoms. The van der Waals surface area contributed by atoms with Crippen LogP contribution >= 0.6 is 0 Å². The van der Waals surface area contributed by atoms with Crippen LogP contribution in [0.5, 0.6) is 23.0 Å². The SMILES string of the molecule is COc1ccc(OC)c2c1C(=O)c1c(OC)cc(C)c(OC)c1C2=O. The first-order valence-electron chi connectivity index (χ1n) is 7.60. The second kappa shape index (κ2) is 6.12. The van der Waals surface area contributed by atoms with Crippen molar-refractivity contribution in [3.63, 3.8) is 0 Å². The number of carbonyl (C=O) groups is 2. The van der Waals surface area contributed by atoms with E-state index in [1.165, 1.54) is 28.4 Å². The third-order valence-corrected chi connectivity index (χ3v) is 4.33. The van der Waals surface area contributed by atoms with Crippen molar-refractivity contribution < 1.29 is 28.5 Å². The number of benzene rings is 2. The van der Waals surface area contributed by atoms with Crippen LogP contribution in [0.4, 0.5) is 0 Å². The minimum Gasteiger partial charge on any atom is -0.496 e. The Labute approximate surface area is 145 Å². The van der Waals surface area contributed by atoms with Gasteiger partial charge in [-0.3, -0.25) is 9.59 Å². The predicted octanol–water partition coefficient (Wildman–Crippen LogP) is 2.80. The molecule has 0 bridgehead atoms. The lowest BCUT2D eigenvalue weighted by molar-refractivity contribution is 0.0968. The minimum atomic E-state index is -0.365. The lowest BCUT2D eigenvalue weighted by Crippen LogP contribution is -2.24. The first-order chi connectivity index (χ1) is 12.0. The molecule has 1 aliphatic carbocycles. The molecule has 0 radical (unpaired) electrons. The Morgan fingerprint density at radius 2 is 1.08 bits per heavy atom. The Balaban J connectivity index is 2.45. The molecule has 0 spiro atoms. The van der Waals surface area contributed by atoms with Gasteiger partial charge in [-0.1, -0.05) is 0 Å². The molecule has 0 unspecified atom stereocenters. The zero-order chi connectivity index (χ0) is 18.3. The van der Waals surface area contributed by atoms with Gasteiger partial charge in [0.2, 0.25) is 11.6 Å². The fourth-order valence-corrected chi connectivity index (χ4v) is 3.24. The number of rotatable bonds is 4. The van der Waals surface area contributed by atoms with Gasteiger partial charge in [0.15, 0.2) is 0 Å². The van der Waals surface area contributed by atoms with Crippen molar-refractivity contribution in [3.8, 4) is 23.0 Å². The van der Waals surface area contributed by atoms with E-state index in [1.54, 1.807) is 25.1 Å². The molecule has 0 N–H and O–H groups in total. The summed E-state index contributed by atoms with van der Waals surface area (Å²) in [6.45, 7) is 1.79. The van der Waals surface area contributed by atoms with Crippen molar-refractivity contribution in [2.24, 2.45) is 0 Å². The standard InChI is InChI=1S/C19H18O6/c1-9-8-12(24-4)15-16(19(9)25-5)18(21)14-11(23-3)7-6-10(22-2)13(14)17(15)20/h6-8H,1-5H3. The second-order valence-corrected chi connectivity index (χ2v) is 5.56. The highest BCUT2D eigenvalue weighted by Gasteiger charge is 2.40. The van der Waals surface area contributed by atoms with Crippen LogP contribution in [0.2, 0.25) is 0 Å². The van der Waals surface area contributed by atoms with Crippen molar-refractivity contribution >= 4 is 11.6 Å². The zero-order valence-electron chi connectivity index (χ0n) is 14.7. The molecule has 25 heavy (non-hydrogen) atoms. The van der Waals surface area contributed by atoms with E-state index in [0.29, 0.717) is 28.6 Å². The van der Waals surface area contributed by atoms with Crippen molar-refractivity contribution in [1.29, 1.82) is 0 Å². The Morgan fingerprint density at radius 1 is 0.640 bits per heavy atom. The van der Waals surface area contributed by atoms with Gasteiger partial charge in [0.25, 0.3) is 0 Å². The summed E-state index contributed by atoms with van der Waals surface area (Å²) in [6, 6.07) is 4.89.